The van der Waals surface area contributed by atoms with E-state index in [9.17, 15) is 9.90 Å². The number of aliphatic hydroxyl groups excluding tert-OH is 1. The number of anilines is 3. The van der Waals surface area contributed by atoms with Crippen LogP contribution in [0.15, 0.2) is 12.1 Å². The van der Waals surface area contributed by atoms with E-state index in [1.807, 2.05) is 11.9 Å². The maximum absolute atomic E-state index is 11.5. The van der Waals surface area contributed by atoms with E-state index in [0.717, 1.165) is 25.7 Å². The molecule has 2 fully saturated rings. The van der Waals surface area contributed by atoms with Crippen molar-refractivity contribution in [2.75, 3.05) is 17.3 Å². The summed E-state index contributed by atoms with van der Waals surface area (Å²) in [6, 6.07) is 3.51. The Hall–Kier alpha value is -2.59. The molecule has 0 spiro atoms. The fourth-order valence-electron chi connectivity index (χ4n) is 4.21. The van der Waals surface area contributed by atoms with Gasteiger partial charge in [0.15, 0.2) is 5.82 Å². The molecule has 1 amide bonds. The first-order valence-electron chi connectivity index (χ1n) is 9.15. The lowest BCUT2D eigenvalue weighted by Crippen LogP contribution is -2.51. The quantitative estimate of drug-likeness (QED) is 0.555. The number of aromatic nitrogens is 4. The Balaban J connectivity index is 1.51. The molecule has 150 valence electrons. The molecule has 2 aliphatic heterocycles. The largest absolute Gasteiger partial charge is 0.465 e. The third-order valence-electron chi connectivity index (χ3n) is 5.53. The second-order valence-corrected chi connectivity index (χ2v) is 7.64. The van der Waals surface area contributed by atoms with Gasteiger partial charge in [-0.15, -0.1) is 0 Å². The number of hydrogen-bond acceptors (Lipinski definition) is 7. The van der Waals surface area contributed by atoms with Crippen molar-refractivity contribution >= 4 is 35.3 Å². The van der Waals surface area contributed by atoms with Crippen LogP contribution in [-0.2, 0) is 6.61 Å². The summed E-state index contributed by atoms with van der Waals surface area (Å²) in [7, 11) is 1.91. The van der Waals surface area contributed by atoms with E-state index in [4.69, 9.17) is 16.7 Å². The number of rotatable bonds is 5. The molecule has 4 rings (SSSR count). The van der Waals surface area contributed by atoms with Gasteiger partial charge in [-0.2, -0.15) is 10.1 Å². The van der Waals surface area contributed by atoms with Crippen molar-refractivity contribution < 1.29 is 15.0 Å². The molecular formula is C17H22ClN7O3. The average molecular weight is 408 g/mol. The predicted molar refractivity (Wildman–Crippen MR) is 103 cm³/mol. The van der Waals surface area contributed by atoms with Gasteiger partial charge >= 0.3 is 6.09 Å². The highest BCUT2D eigenvalue weighted by Gasteiger charge is 2.44. The van der Waals surface area contributed by atoms with Crippen LogP contribution < -0.4 is 10.2 Å². The summed E-state index contributed by atoms with van der Waals surface area (Å²) in [4.78, 5) is 23.9. The van der Waals surface area contributed by atoms with Gasteiger partial charge in [0.2, 0.25) is 5.95 Å². The number of fused-ring (bicyclic) bond motifs is 2. The summed E-state index contributed by atoms with van der Waals surface area (Å²) in [6.07, 6.45) is 2.46. The SMILES string of the molecule is CN(c1nc(Cl)cc(Nc2cc(CO)[nH]n2)n1)[C@H]1C[C@H]2CC[C@@H](C1)N2C(=O)O. The standard InChI is InChI=1S/C17H22ClN7O3/c1-24(12-5-10-2-3-11(6-12)25(10)17(27)28)16-19-13(18)7-14(21-16)20-15-4-9(8-26)22-23-15/h4,7,10-12,26H,2-3,5-6,8H2,1H3,(H,27,28)(H2,19,20,21,22,23)/t10-,11+,12+. The van der Waals surface area contributed by atoms with Crippen LogP contribution in [0, 0.1) is 0 Å². The van der Waals surface area contributed by atoms with Crippen molar-refractivity contribution in [3.63, 3.8) is 0 Å². The van der Waals surface area contributed by atoms with Gasteiger partial charge in [-0.1, -0.05) is 11.6 Å². The van der Waals surface area contributed by atoms with Crippen LogP contribution >= 0.6 is 11.6 Å². The van der Waals surface area contributed by atoms with Crippen molar-refractivity contribution in [2.45, 2.75) is 50.4 Å². The van der Waals surface area contributed by atoms with E-state index >= 15 is 0 Å². The zero-order valence-electron chi connectivity index (χ0n) is 15.3. The van der Waals surface area contributed by atoms with E-state index in [0.29, 0.717) is 28.4 Å². The third kappa shape index (κ3) is 3.57. The van der Waals surface area contributed by atoms with Gasteiger partial charge in [-0.25, -0.2) is 9.78 Å². The Morgan fingerprint density at radius 1 is 1.32 bits per heavy atom. The van der Waals surface area contributed by atoms with Gasteiger partial charge in [0.05, 0.1) is 12.3 Å². The van der Waals surface area contributed by atoms with E-state index in [-0.39, 0.29) is 24.7 Å². The molecule has 0 unspecified atom stereocenters. The van der Waals surface area contributed by atoms with E-state index in [1.54, 1.807) is 17.0 Å². The Morgan fingerprint density at radius 2 is 2.04 bits per heavy atom. The number of amides is 1. The average Bonchev–Trinajstić information content (AvgIpc) is 3.22. The molecule has 28 heavy (non-hydrogen) atoms. The van der Waals surface area contributed by atoms with Crippen molar-refractivity contribution in [3.05, 3.63) is 23.0 Å². The van der Waals surface area contributed by atoms with E-state index in [1.165, 1.54) is 0 Å². The summed E-state index contributed by atoms with van der Waals surface area (Å²) in [5, 5.41) is 28.7. The van der Waals surface area contributed by atoms with Crippen molar-refractivity contribution in [2.24, 2.45) is 0 Å². The second kappa shape index (κ2) is 7.44. The first kappa shape index (κ1) is 18.8. The van der Waals surface area contributed by atoms with Gasteiger partial charge in [-0.05, 0) is 25.7 Å². The molecule has 2 saturated heterocycles. The van der Waals surface area contributed by atoms with Gasteiger partial charge in [0.1, 0.15) is 11.0 Å². The van der Waals surface area contributed by atoms with Crippen LogP contribution in [0.2, 0.25) is 5.15 Å². The number of carboxylic acid groups (broad SMARTS) is 1. The Morgan fingerprint density at radius 3 is 2.64 bits per heavy atom. The fraction of sp³-hybridized carbons (Fsp3) is 0.529. The Bertz CT molecular complexity index is 862. The molecule has 0 aromatic carbocycles. The monoisotopic (exact) mass is 407 g/mol. The number of aromatic amines is 1. The lowest BCUT2D eigenvalue weighted by atomic mass is 9.97. The lowest BCUT2D eigenvalue weighted by molar-refractivity contribution is 0.0964. The van der Waals surface area contributed by atoms with Crippen molar-refractivity contribution in [1.82, 2.24) is 25.1 Å². The smallest absolute Gasteiger partial charge is 0.407 e. The zero-order valence-corrected chi connectivity index (χ0v) is 16.1. The minimum atomic E-state index is -0.833. The summed E-state index contributed by atoms with van der Waals surface area (Å²) in [5.74, 6) is 1.48. The van der Waals surface area contributed by atoms with Gasteiger partial charge in [-0.3, -0.25) is 5.10 Å². The molecule has 2 aliphatic rings. The minimum absolute atomic E-state index is 0.0430. The maximum Gasteiger partial charge on any atom is 0.407 e. The van der Waals surface area contributed by atoms with E-state index < -0.39 is 6.09 Å². The van der Waals surface area contributed by atoms with Crippen LogP contribution in [0.4, 0.5) is 22.4 Å². The molecule has 0 radical (unpaired) electrons. The van der Waals surface area contributed by atoms with Crippen LogP contribution in [0.1, 0.15) is 31.4 Å². The summed E-state index contributed by atoms with van der Waals surface area (Å²) < 4.78 is 0. The van der Waals surface area contributed by atoms with Gasteiger partial charge < -0.3 is 25.3 Å². The maximum atomic E-state index is 11.5. The first-order valence-corrected chi connectivity index (χ1v) is 9.53. The highest BCUT2D eigenvalue weighted by atomic mass is 35.5. The Labute approximate surface area is 166 Å². The predicted octanol–water partition coefficient (Wildman–Crippen LogP) is 2.20. The molecule has 11 heteroatoms. The molecule has 4 heterocycles. The molecular weight excluding hydrogens is 386 g/mol. The van der Waals surface area contributed by atoms with Crippen molar-refractivity contribution in [3.8, 4) is 0 Å². The number of piperidine rings is 1. The van der Waals surface area contributed by atoms with Crippen molar-refractivity contribution in [1.29, 1.82) is 0 Å². The molecule has 0 saturated carbocycles. The number of carbonyl (C=O) groups is 1. The molecule has 3 atom stereocenters. The number of nitrogens with zero attached hydrogens (tertiary/aromatic N) is 5. The molecule has 10 nitrogen and oxygen atoms in total. The summed E-state index contributed by atoms with van der Waals surface area (Å²) >= 11 is 6.19. The lowest BCUT2D eigenvalue weighted by Gasteiger charge is -2.40. The first-order chi connectivity index (χ1) is 13.4. The highest BCUT2D eigenvalue weighted by molar-refractivity contribution is 6.29. The fourth-order valence-corrected chi connectivity index (χ4v) is 4.38. The van der Waals surface area contributed by atoms with Crippen LogP contribution in [0.3, 0.4) is 0 Å². The van der Waals surface area contributed by atoms with Gasteiger partial charge in [0, 0.05) is 37.3 Å². The number of aliphatic hydroxyl groups is 1. The number of nitrogens with one attached hydrogen (secondary N) is 2. The second-order valence-electron chi connectivity index (χ2n) is 7.25. The summed E-state index contributed by atoms with van der Waals surface area (Å²) in [5.41, 5.74) is 0.584. The van der Waals surface area contributed by atoms with E-state index in [2.05, 4.69) is 25.5 Å². The summed E-state index contributed by atoms with van der Waals surface area (Å²) in [6.45, 7) is -0.134. The van der Waals surface area contributed by atoms with Crippen LogP contribution in [-0.4, -0.2) is 66.5 Å². The molecule has 0 aliphatic carbocycles. The van der Waals surface area contributed by atoms with Crippen LogP contribution in [0.5, 0.6) is 0 Å². The zero-order chi connectivity index (χ0) is 19.8. The molecule has 2 aromatic rings. The minimum Gasteiger partial charge on any atom is -0.465 e. The number of halogens is 1. The molecule has 2 bridgehead atoms. The number of hydrogen-bond donors (Lipinski definition) is 4. The number of H-pyrrole nitrogens is 1. The highest BCUT2D eigenvalue weighted by Crippen LogP contribution is 2.38. The van der Waals surface area contributed by atoms with Crippen LogP contribution in [0.25, 0.3) is 0 Å². The normalized spacial score (nSPS) is 23.7. The third-order valence-corrected chi connectivity index (χ3v) is 5.73. The topological polar surface area (TPSA) is 130 Å². The molecule has 4 N–H and O–H groups in total. The molecule has 2 aromatic heterocycles. The Kier molecular flexibility index (Phi) is 4.98. The van der Waals surface area contributed by atoms with Gasteiger partial charge in [0.25, 0.3) is 0 Å².